The minimum atomic E-state index is -1.62. The summed E-state index contributed by atoms with van der Waals surface area (Å²) in [6.07, 6.45) is 15.4. The molecule has 16 rings (SSSR count). The van der Waals surface area contributed by atoms with E-state index in [0.717, 1.165) is 18.2 Å². The number of carbonyl (C=O) groups excluding carboxylic acids is 2. The average Bonchev–Trinajstić information content (AvgIpc) is 1.69. The van der Waals surface area contributed by atoms with E-state index in [1.807, 2.05) is 16.8 Å². The minimum Gasteiger partial charge on any atom is -0.461 e. The van der Waals surface area contributed by atoms with Gasteiger partial charge >= 0.3 is 12.0 Å². The fourth-order valence-electron chi connectivity index (χ4n) is 17.1. The van der Waals surface area contributed by atoms with Crippen LogP contribution in [0.4, 0.5) is 42.4 Å². The van der Waals surface area contributed by atoms with Crippen LogP contribution in [0.5, 0.6) is 12.0 Å². The molecule has 7 fully saturated rings. The quantitative estimate of drug-likeness (QED) is 0.0506. The molecule has 0 spiro atoms. The number of aromatic nitrogens is 8. The standard InChI is InChI=1S/C76H71ClF7N15O4/c1-6-47-55(80)28-51(48-12-8-14-50(62(47)48)67-65(84)69-53(32-87-67)71(91-73(89-69)102-39-75-21-9-23-98(75)36-44(78)29-75)94(4)45-19-25-96(37-45)59(100)18-17-58-57(82)33-85-41(2)88-58)70-56(81)30-76(22-10-24-99(70)76)40-103-74-90-68-52(31-86-66(64(68)83)49-13-7-11-43-15-16-54(79)63(77)61(43)49)72(92-74)95(5)46-20-26-97(38-46)60(101)27-42-34-93(3)35-42/h1,7-8,11-18,27-28,31-33,44-46,56,70H,9-10,19-26,29-30,34-40H2,2-5H3/b18-17+/t44-,45-,46-,56-,70?,75+,76+/m1/s1. The van der Waals surface area contributed by atoms with Crippen molar-refractivity contribution in [2.45, 2.75) is 99.8 Å². The van der Waals surface area contributed by atoms with Crippen LogP contribution in [-0.2, 0) is 9.59 Å². The first-order valence-corrected chi connectivity index (χ1v) is 35.0. The van der Waals surface area contributed by atoms with Crippen LogP contribution in [-0.4, -0.2) is 205 Å². The van der Waals surface area contributed by atoms with Gasteiger partial charge in [-0.25, -0.2) is 40.7 Å². The van der Waals surface area contributed by atoms with Crippen LogP contribution in [0.15, 0.2) is 90.9 Å². The molecule has 5 aromatic heterocycles. The number of pyridine rings is 2. The number of ether oxygens (including phenoxy) is 2. The molecule has 19 nitrogen and oxygen atoms in total. The normalized spacial score (nSPS) is 23.6. The Morgan fingerprint density at radius 3 is 1.98 bits per heavy atom. The lowest BCUT2D eigenvalue weighted by atomic mass is 9.89. The molecule has 0 bridgehead atoms. The summed E-state index contributed by atoms with van der Waals surface area (Å²) in [6, 6.07) is 11.8. The molecule has 4 aromatic carbocycles. The molecule has 7 atom stereocenters. The fourth-order valence-corrected chi connectivity index (χ4v) is 17.3. The highest BCUT2D eigenvalue weighted by Crippen LogP contribution is 2.53. The maximum atomic E-state index is 18.2. The van der Waals surface area contributed by atoms with Crippen LogP contribution in [0.3, 0.4) is 0 Å². The van der Waals surface area contributed by atoms with Crippen molar-refractivity contribution in [3.05, 3.63) is 148 Å². The maximum absolute atomic E-state index is 18.2. The van der Waals surface area contributed by atoms with E-state index in [9.17, 15) is 14.0 Å². The first-order chi connectivity index (χ1) is 49.7. The average molecular weight is 1430 g/mol. The smallest absolute Gasteiger partial charge is 0.319 e. The molecule has 103 heavy (non-hydrogen) atoms. The molecule has 0 saturated carbocycles. The number of carbonyl (C=O) groups is 2. The third kappa shape index (κ3) is 11.9. The lowest BCUT2D eigenvalue weighted by Gasteiger charge is -2.35. The number of fused-ring (bicyclic) bond motifs is 6. The Morgan fingerprint density at radius 1 is 0.699 bits per heavy atom. The van der Waals surface area contributed by atoms with Crippen molar-refractivity contribution >= 4 is 84.5 Å². The van der Waals surface area contributed by atoms with Gasteiger partial charge in [0.15, 0.2) is 17.5 Å². The summed E-state index contributed by atoms with van der Waals surface area (Å²) in [5.41, 5.74) is -1.09. The van der Waals surface area contributed by atoms with Crippen molar-refractivity contribution < 1.29 is 49.8 Å². The number of rotatable bonds is 16. The fraction of sp³-hybridized carbons (Fsp3) is 0.395. The number of hydrogen-bond acceptors (Lipinski definition) is 17. The van der Waals surface area contributed by atoms with E-state index in [2.05, 4.69) is 30.7 Å². The highest BCUT2D eigenvalue weighted by Gasteiger charge is 2.56. The molecule has 0 N–H and O–H groups in total. The highest BCUT2D eigenvalue weighted by molar-refractivity contribution is 6.37. The second-order valence-corrected chi connectivity index (χ2v) is 28.8. The minimum absolute atomic E-state index is 0.0228. The van der Waals surface area contributed by atoms with Crippen LogP contribution in [0.2, 0.25) is 5.02 Å². The predicted molar refractivity (Wildman–Crippen MR) is 376 cm³/mol. The summed E-state index contributed by atoms with van der Waals surface area (Å²) >= 11 is 6.59. The largest absolute Gasteiger partial charge is 0.461 e. The Labute approximate surface area is 593 Å². The second-order valence-electron chi connectivity index (χ2n) is 28.5. The van der Waals surface area contributed by atoms with Crippen LogP contribution in [0.25, 0.3) is 71.9 Å². The van der Waals surface area contributed by atoms with E-state index in [0.29, 0.717) is 94.5 Å². The van der Waals surface area contributed by atoms with Gasteiger partial charge in [0.1, 0.15) is 82.8 Å². The number of benzene rings is 4. The zero-order chi connectivity index (χ0) is 71.5. The number of nitrogens with zero attached hydrogens (tertiary/aromatic N) is 15. The SMILES string of the molecule is C#Cc1c(F)cc(C2[C@H](F)C[C@]3(COc4nc(N(C)[C@@H]5CCN(C(=O)C=C6CN(C)C6)C5)c5cnc(-c6cccc7ccc(F)c(Cl)c67)c(F)c5n4)CCCN23)c2cccc(-c3ncc4c(N(C)[C@@H]5CCN(C(=O)/C=C/c6nc(C)ncc6F)C5)nc(OC[C@@]56CCCN5C[C@H](F)C6)nc4c3F)c12. The number of terminal acetylenes is 1. The summed E-state index contributed by atoms with van der Waals surface area (Å²) in [5.74, 6) is -1.19. The van der Waals surface area contributed by atoms with E-state index in [4.69, 9.17) is 52.4 Å². The Bertz CT molecular complexity index is 5100. The molecule has 27 heteroatoms. The number of amides is 2. The van der Waals surface area contributed by atoms with Crippen molar-refractivity contribution in [1.29, 1.82) is 0 Å². The Hall–Kier alpha value is -9.68. The van der Waals surface area contributed by atoms with Gasteiger partial charge in [-0.15, -0.1) is 6.42 Å². The highest BCUT2D eigenvalue weighted by atomic mass is 35.5. The molecule has 2 amide bonds. The van der Waals surface area contributed by atoms with Crippen molar-refractivity contribution in [2.75, 3.05) is 103 Å². The molecule has 1 unspecified atom stereocenters. The summed E-state index contributed by atoms with van der Waals surface area (Å²) in [4.78, 5) is 76.8. The topological polar surface area (TPSA) is 178 Å². The molecule has 7 aliphatic heterocycles. The summed E-state index contributed by atoms with van der Waals surface area (Å²) in [5, 5.41) is 1.44. The van der Waals surface area contributed by atoms with E-state index in [-0.39, 0.29) is 164 Å². The number of hydrogen-bond donors (Lipinski definition) is 0. The van der Waals surface area contributed by atoms with Gasteiger partial charge in [-0.3, -0.25) is 34.3 Å². The third-order valence-corrected chi connectivity index (χ3v) is 22.6. The lowest BCUT2D eigenvalue weighted by molar-refractivity contribution is -0.125. The Kier molecular flexibility index (Phi) is 17.5. The Morgan fingerprint density at radius 2 is 1.32 bits per heavy atom. The Balaban J connectivity index is 0.730. The van der Waals surface area contributed by atoms with Gasteiger partial charge in [-0.05, 0) is 106 Å². The lowest BCUT2D eigenvalue weighted by Crippen LogP contribution is -2.44. The van der Waals surface area contributed by atoms with Gasteiger partial charge in [0, 0.05) is 131 Å². The molecule has 0 aliphatic carbocycles. The van der Waals surface area contributed by atoms with Crippen LogP contribution in [0, 0.1) is 48.4 Å². The van der Waals surface area contributed by atoms with Gasteiger partial charge in [-0.1, -0.05) is 60.0 Å². The number of likely N-dealkylation sites (N-methyl/N-ethyl adjacent to an activating group) is 3. The molecule has 7 saturated heterocycles. The van der Waals surface area contributed by atoms with E-state index in [1.165, 1.54) is 36.7 Å². The van der Waals surface area contributed by atoms with E-state index in [1.54, 1.807) is 84.3 Å². The summed E-state index contributed by atoms with van der Waals surface area (Å²) in [6.45, 7) is 5.52. The van der Waals surface area contributed by atoms with Crippen molar-refractivity contribution in [2.24, 2.45) is 0 Å². The monoisotopic (exact) mass is 1430 g/mol. The second kappa shape index (κ2) is 26.5. The van der Waals surface area contributed by atoms with Gasteiger partial charge < -0.3 is 29.1 Å². The third-order valence-electron chi connectivity index (χ3n) is 22.2. The number of likely N-dealkylation sites (tertiary alicyclic amines) is 3. The number of halogens is 8. The number of alkyl halides is 2. The van der Waals surface area contributed by atoms with Crippen molar-refractivity contribution in [3.63, 3.8) is 0 Å². The number of anilines is 2. The summed E-state index contributed by atoms with van der Waals surface area (Å²) in [7, 11) is 5.54. The molecule has 9 aromatic rings. The molecule has 530 valence electrons. The molecule has 7 aliphatic rings. The first kappa shape index (κ1) is 67.8. The van der Waals surface area contributed by atoms with Gasteiger partial charge in [-0.2, -0.15) is 19.9 Å². The van der Waals surface area contributed by atoms with Crippen LogP contribution < -0.4 is 19.3 Å². The van der Waals surface area contributed by atoms with Crippen LogP contribution >= 0.6 is 11.6 Å². The predicted octanol–water partition coefficient (Wildman–Crippen LogP) is 11.7. The van der Waals surface area contributed by atoms with Crippen molar-refractivity contribution in [1.82, 2.24) is 64.4 Å². The maximum Gasteiger partial charge on any atom is 0.319 e. The molecular weight excluding hydrogens is 1360 g/mol. The zero-order valence-electron chi connectivity index (χ0n) is 56.9. The summed E-state index contributed by atoms with van der Waals surface area (Å²) < 4.78 is 129. The van der Waals surface area contributed by atoms with E-state index >= 15 is 26.3 Å². The molecular formula is C76H71ClF7N15O4. The van der Waals surface area contributed by atoms with Crippen LogP contribution in [0.1, 0.15) is 80.1 Å². The van der Waals surface area contributed by atoms with E-state index < -0.39 is 58.5 Å². The molecule has 12 heterocycles. The number of aryl methyl sites for hydroxylation is 1. The zero-order valence-corrected chi connectivity index (χ0v) is 57.7. The van der Waals surface area contributed by atoms with Gasteiger partial charge in [0.2, 0.25) is 11.8 Å². The first-order valence-electron chi connectivity index (χ1n) is 34.6. The van der Waals surface area contributed by atoms with Gasteiger partial charge in [0.25, 0.3) is 0 Å². The van der Waals surface area contributed by atoms with Gasteiger partial charge in [0.05, 0.1) is 44.7 Å². The molecule has 0 radical (unpaired) electrons. The van der Waals surface area contributed by atoms with Crippen molar-refractivity contribution in [3.8, 4) is 46.9 Å².